The van der Waals surface area contributed by atoms with E-state index in [9.17, 15) is 0 Å². The first-order chi connectivity index (χ1) is 11.1. The highest BCUT2D eigenvalue weighted by atomic mass is 28.4. The summed E-state index contributed by atoms with van der Waals surface area (Å²) in [6, 6.07) is 0. The molecule has 0 spiro atoms. The molecule has 0 N–H and O–H groups in total. The number of ether oxygens (including phenoxy) is 1. The Morgan fingerprint density at radius 3 is 2.29 bits per heavy atom. The molecule has 0 aromatic rings. The van der Waals surface area contributed by atoms with Crippen LogP contribution in [-0.4, -0.2) is 33.5 Å². The van der Waals surface area contributed by atoms with Crippen LogP contribution in [0.3, 0.4) is 0 Å². The molecular formula is C20H36O3Si. The maximum atomic E-state index is 6.69. The van der Waals surface area contributed by atoms with Gasteiger partial charge in [-0.2, -0.15) is 0 Å². The Morgan fingerprint density at radius 1 is 1.04 bits per heavy atom. The van der Waals surface area contributed by atoms with Crippen LogP contribution in [0.4, 0.5) is 0 Å². The number of unbranched alkanes of at least 4 members (excludes halogenated alkanes) is 1. The normalized spacial score (nSPS) is 30.5. The first-order valence-electron chi connectivity index (χ1n) is 9.41. The highest BCUT2D eigenvalue weighted by Crippen LogP contribution is 2.54. The number of allylic oxidation sites excluding steroid dienone is 1. The third kappa shape index (κ3) is 4.04. The van der Waals surface area contributed by atoms with Gasteiger partial charge in [-0.3, -0.25) is 0 Å². The van der Waals surface area contributed by atoms with Crippen LogP contribution in [0, 0.1) is 0 Å². The molecular weight excluding hydrogens is 316 g/mol. The van der Waals surface area contributed by atoms with E-state index in [1.54, 1.807) is 0 Å². The predicted molar refractivity (Wildman–Crippen MR) is 102 cm³/mol. The van der Waals surface area contributed by atoms with Gasteiger partial charge in [-0.15, -0.1) is 0 Å². The largest absolute Gasteiger partial charge is 0.391 e. The molecule has 1 saturated heterocycles. The summed E-state index contributed by atoms with van der Waals surface area (Å²) in [7, 11) is -2.40. The van der Waals surface area contributed by atoms with Crippen molar-refractivity contribution in [3.8, 4) is 0 Å². The van der Waals surface area contributed by atoms with Gasteiger partial charge in [0, 0.05) is 10.1 Å². The molecule has 2 aliphatic heterocycles. The standard InChI is InChI=1S/C20H36O3Si/c1-8-9-10-11-12-16-13-14-17-18(22-16)15-21-24(23-17,19(2,3)4)20(5,6)7/h10-11,13-14,16-18H,8-9,12,15H2,1-7H3/b11-10+/t16-,17-,18+/m0/s1. The van der Waals surface area contributed by atoms with Crippen molar-refractivity contribution in [2.75, 3.05) is 6.61 Å². The van der Waals surface area contributed by atoms with Crippen molar-refractivity contribution in [1.82, 2.24) is 0 Å². The Labute approximate surface area is 149 Å². The summed E-state index contributed by atoms with van der Waals surface area (Å²) in [5.41, 5.74) is 0. The second kappa shape index (κ2) is 7.44. The molecule has 0 aliphatic carbocycles. The zero-order valence-electron chi connectivity index (χ0n) is 16.6. The summed E-state index contributed by atoms with van der Waals surface area (Å²) in [6.07, 6.45) is 12.3. The van der Waals surface area contributed by atoms with E-state index in [-0.39, 0.29) is 28.4 Å². The lowest BCUT2D eigenvalue weighted by Gasteiger charge is -2.55. The van der Waals surface area contributed by atoms with Gasteiger partial charge in [-0.25, -0.2) is 0 Å². The van der Waals surface area contributed by atoms with Gasteiger partial charge >= 0.3 is 8.56 Å². The summed E-state index contributed by atoms with van der Waals surface area (Å²) in [4.78, 5) is 0. The third-order valence-corrected chi connectivity index (χ3v) is 10.1. The van der Waals surface area contributed by atoms with Crippen LogP contribution in [0.5, 0.6) is 0 Å². The molecule has 3 atom stereocenters. The second-order valence-corrected chi connectivity index (χ2v) is 13.9. The Kier molecular flexibility index (Phi) is 6.17. The summed E-state index contributed by atoms with van der Waals surface area (Å²) >= 11 is 0. The molecule has 2 aliphatic rings. The highest BCUT2D eigenvalue weighted by molar-refractivity contribution is 6.73. The fourth-order valence-corrected chi connectivity index (χ4v) is 8.84. The molecule has 2 heterocycles. The van der Waals surface area contributed by atoms with Crippen LogP contribution in [-0.2, 0) is 13.6 Å². The highest BCUT2D eigenvalue weighted by Gasteiger charge is 2.62. The van der Waals surface area contributed by atoms with Crippen LogP contribution < -0.4 is 0 Å². The van der Waals surface area contributed by atoms with Gasteiger partial charge in [0.15, 0.2) is 0 Å². The van der Waals surface area contributed by atoms with Crippen LogP contribution in [0.2, 0.25) is 10.1 Å². The van der Waals surface area contributed by atoms with Gasteiger partial charge in [-0.1, -0.05) is 79.2 Å². The van der Waals surface area contributed by atoms with Gasteiger partial charge in [0.05, 0.1) is 18.8 Å². The monoisotopic (exact) mass is 352 g/mol. The van der Waals surface area contributed by atoms with Crippen LogP contribution in [0.15, 0.2) is 24.3 Å². The van der Waals surface area contributed by atoms with Gasteiger partial charge in [0.25, 0.3) is 0 Å². The lowest BCUT2D eigenvalue weighted by molar-refractivity contribution is -0.115. The molecule has 0 aromatic carbocycles. The summed E-state index contributed by atoms with van der Waals surface area (Å²) in [5.74, 6) is 0. The summed E-state index contributed by atoms with van der Waals surface area (Å²) < 4.78 is 19.4. The maximum Gasteiger partial charge on any atom is 0.349 e. The smallest absolute Gasteiger partial charge is 0.349 e. The van der Waals surface area contributed by atoms with Gasteiger partial charge in [-0.05, 0) is 12.8 Å². The van der Waals surface area contributed by atoms with E-state index in [4.69, 9.17) is 13.6 Å². The maximum absolute atomic E-state index is 6.69. The van der Waals surface area contributed by atoms with E-state index in [0.717, 1.165) is 12.8 Å². The topological polar surface area (TPSA) is 27.7 Å². The molecule has 0 saturated carbocycles. The van der Waals surface area contributed by atoms with Crippen molar-refractivity contribution in [1.29, 1.82) is 0 Å². The predicted octanol–water partition coefficient (Wildman–Crippen LogP) is 5.51. The Hall–Kier alpha value is -0.423. The van der Waals surface area contributed by atoms with Gasteiger partial charge in [0.2, 0.25) is 0 Å². The molecule has 3 nitrogen and oxygen atoms in total. The number of hydrogen-bond acceptors (Lipinski definition) is 3. The molecule has 24 heavy (non-hydrogen) atoms. The van der Waals surface area contributed by atoms with Crippen LogP contribution in [0.1, 0.15) is 67.7 Å². The molecule has 0 bridgehead atoms. The minimum absolute atomic E-state index is 0.0177. The Morgan fingerprint density at radius 2 is 1.71 bits per heavy atom. The lowest BCUT2D eigenvalue weighted by atomic mass is 10.1. The van der Waals surface area contributed by atoms with Crippen molar-refractivity contribution < 1.29 is 13.6 Å². The quantitative estimate of drug-likeness (QED) is 0.493. The van der Waals surface area contributed by atoms with Crippen LogP contribution >= 0.6 is 0 Å². The number of hydrogen-bond donors (Lipinski definition) is 0. The van der Waals surface area contributed by atoms with Crippen molar-refractivity contribution in [3.05, 3.63) is 24.3 Å². The Balaban J connectivity index is 2.09. The first kappa shape index (κ1) is 19.9. The molecule has 0 aromatic heterocycles. The van der Waals surface area contributed by atoms with E-state index in [1.165, 1.54) is 6.42 Å². The SMILES string of the molecule is CCC/C=C/C[C@H]1C=C[C@@H]2O[Si](C(C)(C)C)(C(C)(C)C)OC[C@H]2O1. The fraction of sp³-hybridized carbons (Fsp3) is 0.800. The van der Waals surface area contributed by atoms with Crippen LogP contribution in [0.25, 0.3) is 0 Å². The number of fused-ring (bicyclic) bond motifs is 1. The van der Waals surface area contributed by atoms with Crippen molar-refractivity contribution >= 4 is 8.56 Å². The zero-order valence-corrected chi connectivity index (χ0v) is 17.6. The second-order valence-electron chi connectivity index (χ2n) is 9.10. The average Bonchev–Trinajstić information content (AvgIpc) is 2.48. The molecule has 2 rings (SSSR count). The van der Waals surface area contributed by atoms with Gasteiger partial charge in [0.1, 0.15) is 6.10 Å². The lowest BCUT2D eigenvalue weighted by Crippen LogP contribution is -2.65. The first-order valence-corrected chi connectivity index (χ1v) is 11.2. The minimum atomic E-state index is -2.40. The van der Waals surface area contributed by atoms with Crippen molar-refractivity contribution in [2.24, 2.45) is 0 Å². The van der Waals surface area contributed by atoms with E-state index in [0.29, 0.717) is 6.61 Å². The van der Waals surface area contributed by atoms with E-state index < -0.39 is 8.56 Å². The molecule has 4 heteroatoms. The third-order valence-electron chi connectivity index (χ3n) is 4.95. The molecule has 0 amide bonds. The fourth-order valence-electron chi connectivity index (χ4n) is 3.94. The van der Waals surface area contributed by atoms with Crippen molar-refractivity contribution in [3.63, 3.8) is 0 Å². The molecule has 1 fully saturated rings. The Bertz CT molecular complexity index is 456. The average molecular weight is 353 g/mol. The zero-order chi connectivity index (χ0) is 18.0. The molecule has 138 valence electrons. The van der Waals surface area contributed by atoms with E-state index in [2.05, 4.69) is 72.8 Å². The van der Waals surface area contributed by atoms with Crippen molar-refractivity contribution in [2.45, 2.75) is 96.1 Å². The molecule has 0 radical (unpaired) electrons. The minimum Gasteiger partial charge on any atom is -0.391 e. The van der Waals surface area contributed by atoms with E-state index >= 15 is 0 Å². The summed E-state index contributed by atoms with van der Waals surface area (Å²) in [5, 5.41) is 0.0353. The van der Waals surface area contributed by atoms with Gasteiger partial charge < -0.3 is 13.6 Å². The van der Waals surface area contributed by atoms with E-state index in [1.807, 2.05) is 0 Å². The molecule has 0 unspecified atom stereocenters. The summed E-state index contributed by atoms with van der Waals surface area (Å²) in [6.45, 7) is 16.3. The number of rotatable bonds is 4.